The Hall–Kier alpha value is -1.03. The number of nitrogens with zero attached hydrogens (tertiary/aromatic N) is 1. The lowest BCUT2D eigenvalue weighted by atomic mass is 10.0. The maximum absolute atomic E-state index is 10.6. The van der Waals surface area contributed by atoms with Crippen LogP contribution in [0.25, 0.3) is 0 Å². The molecule has 1 aliphatic carbocycles. The van der Waals surface area contributed by atoms with Gasteiger partial charge < -0.3 is 5.11 Å². The third kappa shape index (κ3) is 2.07. The zero-order valence-electron chi connectivity index (χ0n) is 7.64. The number of pyridine rings is 1. The van der Waals surface area contributed by atoms with E-state index in [2.05, 4.69) is 4.98 Å². The molecule has 0 spiro atoms. The molecule has 14 heavy (non-hydrogen) atoms. The van der Waals surface area contributed by atoms with Crippen LogP contribution in [0.15, 0.2) is 23.4 Å². The van der Waals surface area contributed by atoms with Gasteiger partial charge in [-0.2, -0.15) is 0 Å². The molecule has 1 aliphatic rings. The monoisotopic (exact) mass is 209 g/mol. The van der Waals surface area contributed by atoms with Gasteiger partial charge in [-0.3, -0.25) is 0 Å². The molecule has 1 N–H and O–H groups in total. The van der Waals surface area contributed by atoms with Crippen LogP contribution in [0.5, 0.6) is 0 Å². The van der Waals surface area contributed by atoms with Gasteiger partial charge in [0.15, 0.2) is 0 Å². The van der Waals surface area contributed by atoms with Gasteiger partial charge in [0.1, 0.15) is 0 Å². The molecule has 3 nitrogen and oxygen atoms in total. The Bertz CT molecular complexity index is 332. The molecule has 0 radical (unpaired) electrons. The number of aromatic carboxylic acids is 1. The van der Waals surface area contributed by atoms with Gasteiger partial charge in [-0.15, -0.1) is 11.8 Å². The molecule has 2 rings (SSSR count). The number of hydrogen-bond acceptors (Lipinski definition) is 3. The predicted molar refractivity (Wildman–Crippen MR) is 54.7 cm³/mol. The summed E-state index contributed by atoms with van der Waals surface area (Å²) in [6, 6.07) is 3.39. The summed E-state index contributed by atoms with van der Waals surface area (Å²) in [5.74, 6) is -0.919. The molecule has 0 aliphatic heterocycles. The number of carbonyl (C=O) groups is 1. The van der Waals surface area contributed by atoms with E-state index in [1.807, 2.05) is 0 Å². The van der Waals surface area contributed by atoms with E-state index in [4.69, 9.17) is 5.11 Å². The van der Waals surface area contributed by atoms with Gasteiger partial charge >= 0.3 is 5.97 Å². The zero-order chi connectivity index (χ0) is 9.97. The van der Waals surface area contributed by atoms with Crippen LogP contribution in [0, 0.1) is 0 Å². The topological polar surface area (TPSA) is 50.2 Å². The summed E-state index contributed by atoms with van der Waals surface area (Å²) in [7, 11) is 0. The van der Waals surface area contributed by atoms with E-state index in [0.717, 1.165) is 5.03 Å². The van der Waals surface area contributed by atoms with E-state index in [1.54, 1.807) is 23.9 Å². The van der Waals surface area contributed by atoms with Crippen LogP contribution in [0.3, 0.4) is 0 Å². The standard InChI is InChI=1S/C10H11NO2S/c12-10(13)7-4-5-9(11-6-7)14-8-2-1-3-8/h4-6,8H,1-3H2,(H,12,13). The Morgan fingerprint density at radius 3 is 2.71 bits per heavy atom. The number of aromatic nitrogens is 1. The highest BCUT2D eigenvalue weighted by molar-refractivity contribution is 7.99. The molecule has 1 heterocycles. The second-order valence-corrected chi connectivity index (χ2v) is 4.68. The summed E-state index contributed by atoms with van der Waals surface area (Å²) >= 11 is 1.75. The first kappa shape index (κ1) is 9.52. The Morgan fingerprint density at radius 2 is 2.29 bits per heavy atom. The van der Waals surface area contributed by atoms with Crippen LogP contribution in [0.2, 0.25) is 0 Å². The molecule has 4 heteroatoms. The lowest BCUT2D eigenvalue weighted by Gasteiger charge is -2.23. The van der Waals surface area contributed by atoms with Gasteiger partial charge in [0.25, 0.3) is 0 Å². The quantitative estimate of drug-likeness (QED) is 0.830. The van der Waals surface area contributed by atoms with Gasteiger partial charge in [-0.25, -0.2) is 9.78 Å². The van der Waals surface area contributed by atoms with Crippen LogP contribution in [0.1, 0.15) is 29.6 Å². The predicted octanol–water partition coefficient (Wildman–Crippen LogP) is 2.42. The van der Waals surface area contributed by atoms with E-state index < -0.39 is 5.97 Å². The maximum atomic E-state index is 10.6. The summed E-state index contributed by atoms with van der Waals surface area (Å²) in [5.41, 5.74) is 0.253. The summed E-state index contributed by atoms with van der Waals surface area (Å²) in [5, 5.41) is 10.3. The number of carboxylic acids is 1. The van der Waals surface area contributed by atoms with Crippen molar-refractivity contribution in [3.05, 3.63) is 23.9 Å². The maximum Gasteiger partial charge on any atom is 0.337 e. The van der Waals surface area contributed by atoms with Crippen LogP contribution in [-0.2, 0) is 0 Å². The fourth-order valence-corrected chi connectivity index (χ4v) is 2.41. The molecule has 1 aromatic rings. The summed E-state index contributed by atoms with van der Waals surface area (Å²) in [4.78, 5) is 14.7. The minimum absolute atomic E-state index is 0.253. The zero-order valence-corrected chi connectivity index (χ0v) is 8.46. The summed E-state index contributed by atoms with van der Waals surface area (Å²) in [6.45, 7) is 0. The van der Waals surface area contributed by atoms with E-state index in [1.165, 1.54) is 25.5 Å². The molecule has 0 amide bonds. The first-order valence-corrected chi connectivity index (χ1v) is 5.49. The molecule has 0 bridgehead atoms. The van der Waals surface area contributed by atoms with Crippen molar-refractivity contribution < 1.29 is 9.90 Å². The summed E-state index contributed by atoms with van der Waals surface area (Å²) < 4.78 is 0. The van der Waals surface area contributed by atoms with Gasteiger partial charge in [-0.1, -0.05) is 6.42 Å². The molecule has 1 fully saturated rings. The van der Waals surface area contributed by atoms with Gasteiger partial charge in [0.2, 0.25) is 0 Å². The van der Waals surface area contributed by atoms with Crippen LogP contribution in [0.4, 0.5) is 0 Å². The Balaban J connectivity index is 2.01. The van der Waals surface area contributed by atoms with E-state index in [-0.39, 0.29) is 5.56 Å². The first-order valence-electron chi connectivity index (χ1n) is 4.62. The first-order chi connectivity index (χ1) is 6.75. The minimum Gasteiger partial charge on any atom is -0.478 e. The molecule has 0 unspecified atom stereocenters. The van der Waals surface area contributed by atoms with Crippen molar-refractivity contribution in [1.82, 2.24) is 4.98 Å². The normalized spacial score (nSPS) is 16.3. The largest absolute Gasteiger partial charge is 0.478 e. The molecule has 1 aromatic heterocycles. The van der Waals surface area contributed by atoms with Crippen molar-refractivity contribution in [3.8, 4) is 0 Å². The number of carboxylic acid groups (broad SMARTS) is 1. The fourth-order valence-electron chi connectivity index (χ4n) is 1.24. The molecule has 1 saturated carbocycles. The van der Waals surface area contributed by atoms with E-state index in [0.29, 0.717) is 5.25 Å². The van der Waals surface area contributed by atoms with Gasteiger partial charge in [0, 0.05) is 11.4 Å². The van der Waals surface area contributed by atoms with Crippen molar-refractivity contribution in [2.45, 2.75) is 29.5 Å². The highest BCUT2D eigenvalue weighted by atomic mass is 32.2. The Morgan fingerprint density at radius 1 is 1.50 bits per heavy atom. The lowest BCUT2D eigenvalue weighted by molar-refractivity contribution is 0.0696. The van der Waals surface area contributed by atoms with Crippen LogP contribution < -0.4 is 0 Å². The smallest absolute Gasteiger partial charge is 0.337 e. The SMILES string of the molecule is O=C(O)c1ccc(SC2CCC2)nc1. The van der Waals surface area contributed by atoms with E-state index >= 15 is 0 Å². The number of rotatable bonds is 3. The van der Waals surface area contributed by atoms with Crippen molar-refractivity contribution in [1.29, 1.82) is 0 Å². The number of hydrogen-bond donors (Lipinski definition) is 1. The molecule has 0 saturated heterocycles. The lowest BCUT2D eigenvalue weighted by Crippen LogP contribution is -2.13. The van der Waals surface area contributed by atoms with Crippen molar-refractivity contribution in [2.24, 2.45) is 0 Å². The molecule has 0 aromatic carbocycles. The highest BCUT2D eigenvalue weighted by Gasteiger charge is 2.19. The Labute approximate surface area is 86.5 Å². The average Bonchev–Trinajstić information content (AvgIpc) is 2.12. The third-order valence-corrected chi connectivity index (χ3v) is 3.61. The average molecular weight is 209 g/mol. The Kier molecular flexibility index (Phi) is 2.72. The molecule has 74 valence electrons. The summed E-state index contributed by atoms with van der Waals surface area (Å²) in [6.07, 6.45) is 5.24. The highest BCUT2D eigenvalue weighted by Crippen LogP contribution is 2.35. The van der Waals surface area contributed by atoms with Crippen LogP contribution in [-0.4, -0.2) is 21.3 Å². The molecule has 0 atom stereocenters. The van der Waals surface area contributed by atoms with Crippen molar-refractivity contribution >= 4 is 17.7 Å². The fraction of sp³-hybridized carbons (Fsp3) is 0.400. The molecular formula is C10H11NO2S. The second kappa shape index (κ2) is 4.00. The second-order valence-electron chi connectivity index (χ2n) is 3.36. The molecular weight excluding hydrogens is 198 g/mol. The van der Waals surface area contributed by atoms with Gasteiger partial charge in [0.05, 0.1) is 10.6 Å². The van der Waals surface area contributed by atoms with Gasteiger partial charge in [-0.05, 0) is 25.0 Å². The van der Waals surface area contributed by atoms with Crippen molar-refractivity contribution in [3.63, 3.8) is 0 Å². The van der Waals surface area contributed by atoms with Crippen LogP contribution >= 0.6 is 11.8 Å². The number of thioether (sulfide) groups is 1. The minimum atomic E-state index is -0.919. The van der Waals surface area contributed by atoms with E-state index in [9.17, 15) is 4.79 Å². The van der Waals surface area contributed by atoms with Crippen molar-refractivity contribution in [2.75, 3.05) is 0 Å². The third-order valence-electron chi connectivity index (χ3n) is 2.32.